The van der Waals surface area contributed by atoms with Crippen molar-refractivity contribution in [1.82, 2.24) is 4.90 Å². The molecule has 32 heavy (non-hydrogen) atoms. The predicted octanol–water partition coefficient (Wildman–Crippen LogP) is 0.683. The van der Waals surface area contributed by atoms with E-state index in [1.54, 1.807) is 6.07 Å². The summed E-state index contributed by atoms with van der Waals surface area (Å²) < 4.78 is 20.4. The van der Waals surface area contributed by atoms with Crippen LogP contribution in [0.15, 0.2) is 42.5 Å². The molecule has 4 unspecified atom stereocenters. The summed E-state index contributed by atoms with van der Waals surface area (Å²) in [6.45, 7) is 3.54. The van der Waals surface area contributed by atoms with Crippen LogP contribution in [-0.2, 0) is 11.2 Å². The zero-order valence-corrected chi connectivity index (χ0v) is 18.1. The van der Waals surface area contributed by atoms with Crippen molar-refractivity contribution in [3.05, 3.63) is 65.0 Å². The minimum absolute atomic E-state index is 0.0797. The first kappa shape index (κ1) is 23.1. The fourth-order valence-corrected chi connectivity index (χ4v) is 4.39. The summed E-state index contributed by atoms with van der Waals surface area (Å²) >= 11 is 0. The molecule has 2 aliphatic rings. The SMILES string of the molecule is CN1CCN(c2ccc(Cc3ccc([C@H]4OC(CO)C(O)C(O)C4O)c(F)c3)cc2)CC1. The molecule has 2 aliphatic heterocycles. The van der Waals surface area contributed by atoms with Crippen LogP contribution in [0, 0.1) is 5.82 Å². The standard InChI is InChI=1S/C24H31FN2O5/c1-26-8-10-27(11-9-26)17-5-2-15(3-6-17)12-16-4-7-18(19(25)13-16)24-23(31)22(30)21(29)20(14-28)32-24/h2-7,13,20-24,28-31H,8-12,14H2,1H3/t20?,21?,22?,23?,24-/m1/s1. The number of halogens is 1. The molecule has 0 aliphatic carbocycles. The predicted molar refractivity (Wildman–Crippen MR) is 118 cm³/mol. The van der Waals surface area contributed by atoms with Crippen LogP contribution >= 0.6 is 0 Å². The monoisotopic (exact) mass is 446 g/mol. The van der Waals surface area contributed by atoms with Gasteiger partial charge in [0.2, 0.25) is 0 Å². The third-order valence-electron chi connectivity index (χ3n) is 6.48. The smallest absolute Gasteiger partial charge is 0.129 e. The van der Waals surface area contributed by atoms with Gasteiger partial charge in [0.1, 0.15) is 36.3 Å². The van der Waals surface area contributed by atoms with Gasteiger partial charge in [-0.15, -0.1) is 0 Å². The Morgan fingerprint density at radius 3 is 2.19 bits per heavy atom. The fraction of sp³-hybridized carbons (Fsp3) is 0.500. The Labute approximate surface area is 187 Å². The molecule has 5 atom stereocenters. The van der Waals surface area contributed by atoms with Gasteiger partial charge in [-0.25, -0.2) is 4.39 Å². The molecule has 0 spiro atoms. The van der Waals surface area contributed by atoms with Crippen molar-refractivity contribution >= 4 is 5.69 Å². The van der Waals surface area contributed by atoms with Crippen LogP contribution in [0.25, 0.3) is 0 Å². The van der Waals surface area contributed by atoms with E-state index in [2.05, 4.69) is 41.1 Å². The Morgan fingerprint density at radius 1 is 0.906 bits per heavy atom. The first-order chi connectivity index (χ1) is 15.4. The molecule has 8 heteroatoms. The van der Waals surface area contributed by atoms with Crippen molar-refractivity contribution in [3.8, 4) is 0 Å². The molecule has 0 saturated carbocycles. The second kappa shape index (κ2) is 9.82. The molecule has 0 radical (unpaired) electrons. The van der Waals surface area contributed by atoms with Crippen molar-refractivity contribution in [2.45, 2.75) is 36.9 Å². The van der Waals surface area contributed by atoms with Gasteiger partial charge in [-0.05, 0) is 42.8 Å². The normalized spacial score (nSPS) is 29.3. The molecule has 7 nitrogen and oxygen atoms in total. The van der Waals surface area contributed by atoms with Gasteiger partial charge in [0.15, 0.2) is 0 Å². The summed E-state index contributed by atoms with van der Waals surface area (Å²) in [5.41, 5.74) is 3.09. The zero-order chi connectivity index (χ0) is 22.8. The zero-order valence-electron chi connectivity index (χ0n) is 18.1. The highest BCUT2D eigenvalue weighted by molar-refractivity contribution is 5.48. The Morgan fingerprint density at radius 2 is 1.56 bits per heavy atom. The molecule has 2 aromatic rings. The molecule has 2 aromatic carbocycles. The maximum atomic E-state index is 14.9. The number of anilines is 1. The van der Waals surface area contributed by atoms with Gasteiger partial charge in [0.05, 0.1) is 6.61 Å². The highest BCUT2D eigenvalue weighted by atomic mass is 19.1. The average molecular weight is 447 g/mol. The second-order valence-corrected chi connectivity index (χ2v) is 8.74. The molecule has 0 aromatic heterocycles. The summed E-state index contributed by atoms with van der Waals surface area (Å²) in [7, 11) is 2.13. The highest BCUT2D eigenvalue weighted by Crippen LogP contribution is 2.34. The first-order valence-corrected chi connectivity index (χ1v) is 11.0. The number of benzene rings is 2. The summed E-state index contributed by atoms with van der Waals surface area (Å²) in [5, 5.41) is 39.5. The molecule has 0 bridgehead atoms. The van der Waals surface area contributed by atoms with E-state index < -0.39 is 42.9 Å². The minimum atomic E-state index is -1.54. The maximum Gasteiger partial charge on any atom is 0.129 e. The lowest BCUT2D eigenvalue weighted by molar-refractivity contribution is -0.232. The lowest BCUT2D eigenvalue weighted by Gasteiger charge is -2.40. The molecular weight excluding hydrogens is 415 g/mol. The molecule has 2 fully saturated rings. The molecule has 4 rings (SSSR count). The van der Waals surface area contributed by atoms with E-state index in [-0.39, 0.29) is 5.56 Å². The van der Waals surface area contributed by atoms with Crippen LogP contribution in [0.1, 0.15) is 22.8 Å². The van der Waals surface area contributed by atoms with Crippen molar-refractivity contribution in [2.24, 2.45) is 0 Å². The van der Waals surface area contributed by atoms with Gasteiger partial charge in [-0.1, -0.05) is 24.3 Å². The third-order valence-corrected chi connectivity index (χ3v) is 6.48. The van der Waals surface area contributed by atoms with Crippen LogP contribution < -0.4 is 4.90 Å². The number of ether oxygens (including phenoxy) is 1. The largest absolute Gasteiger partial charge is 0.394 e. The van der Waals surface area contributed by atoms with E-state index in [0.717, 1.165) is 37.3 Å². The van der Waals surface area contributed by atoms with Gasteiger partial charge >= 0.3 is 0 Å². The Kier molecular flexibility index (Phi) is 7.09. The van der Waals surface area contributed by atoms with Gasteiger partial charge < -0.3 is 35.0 Å². The number of nitrogens with zero attached hydrogens (tertiary/aromatic N) is 2. The summed E-state index contributed by atoms with van der Waals surface area (Å²) in [5.74, 6) is -0.569. The minimum Gasteiger partial charge on any atom is -0.394 e. The van der Waals surface area contributed by atoms with E-state index in [1.165, 1.54) is 17.8 Å². The number of piperazine rings is 1. The van der Waals surface area contributed by atoms with Crippen molar-refractivity contribution in [1.29, 1.82) is 0 Å². The van der Waals surface area contributed by atoms with E-state index in [4.69, 9.17) is 4.74 Å². The number of rotatable bonds is 5. The van der Waals surface area contributed by atoms with Gasteiger partial charge in [-0.2, -0.15) is 0 Å². The third kappa shape index (κ3) is 4.80. The van der Waals surface area contributed by atoms with Crippen LogP contribution in [-0.4, -0.2) is 89.6 Å². The van der Waals surface area contributed by atoms with E-state index in [1.807, 2.05) is 0 Å². The molecule has 2 saturated heterocycles. The van der Waals surface area contributed by atoms with Crippen LogP contribution in [0.4, 0.5) is 10.1 Å². The lowest BCUT2D eigenvalue weighted by Crippen LogP contribution is -2.55. The average Bonchev–Trinajstić information content (AvgIpc) is 2.79. The molecule has 4 N–H and O–H groups in total. The molecular formula is C24H31FN2O5. The first-order valence-electron chi connectivity index (χ1n) is 11.0. The van der Waals surface area contributed by atoms with Gasteiger partial charge in [-0.3, -0.25) is 0 Å². The summed E-state index contributed by atoms with van der Waals surface area (Å²) in [6, 6.07) is 13.0. The Balaban J connectivity index is 1.44. The van der Waals surface area contributed by atoms with E-state index >= 15 is 0 Å². The quantitative estimate of drug-likeness (QED) is 0.537. The number of aliphatic hydroxyl groups is 4. The van der Waals surface area contributed by atoms with Crippen LogP contribution in [0.5, 0.6) is 0 Å². The van der Waals surface area contributed by atoms with Crippen LogP contribution in [0.3, 0.4) is 0 Å². The van der Waals surface area contributed by atoms with Crippen molar-refractivity contribution in [2.75, 3.05) is 44.7 Å². The number of hydrogen-bond donors (Lipinski definition) is 4. The van der Waals surface area contributed by atoms with Gasteiger partial charge in [0, 0.05) is 37.4 Å². The number of aliphatic hydroxyl groups excluding tert-OH is 4. The second-order valence-electron chi connectivity index (χ2n) is 8.74. The highest BCUT2D eigenvalue weighted by Gasteiger charge is 2.44. The van der Waals surface area contributed by atoms with Gasteiger partial charge in [0.25, 0.3) is 0 Å². The Hall–Kier alpha value is -2.07. The number of likely N-dealkylation sites (N-methyl/N-ethyl adjacent to an activating group) is 1. The van der Waals surface area contributed by atoms with Crippen molar-refractivity contribution < 1.29 is 29.6 Å². The topological polar surface area (TPSA) is 96.6 Å². The molecule has 2 heterocycles. The molecule has 0 amide bonds. The lowest BCUT2D eigenvalue weighted by atomic mass is 9.90. The van der Waals surface area contributed by atoms with E-state index in [9.17, 15) is 24.8 Å². The van der Waals surface area contributed by atoms with E-state index in [0.29, 0.717) is 6.42 Å². The maximum absolute atomic E-state index is 14.9. The fourth-order valence-electron chi connectivity index (χ4n) is 4.39. The van der Waals surface area contributed by atoms with Crippen molar-refractivity contribution in [3.63, 3.8) is 0 Å². The summed E-state index contributed by atoms with van der Waals surface area (Å²) in [4.78, 5) is 4.67. The Bertz CT molecular complexity index is 902. The van der Waals surface area contributed by atoms with Crippen LogP contribution in [0.2, 0.25) is 0 Å². The molecule has 174 valence electrons. The number of hydrogen-bond acceptors (Lipinski definition) is 7. The summed E-state index contributed by atoms with van der Waals surface area (Å²) in [6.07, 6.45) is -6.21.